The highest BCUT2D eigenvalue weighted by molar-refractivity contribution is 7.90. The number of hydrogen-bond acceptors (Lipinski definition) is 6. The van der Waals surface area contributed by atoms with Gasteiger partial charge in [0.25, 0.3) is 0 Å². The molecule has 8 heteroatoms. The normalized spacial score (nSPS) is 14.4. The Kier molecular flexibility index (Phi) is 7.75. The van der Waals surface area contributed by atoms with Gasteiger partial charge in [-0.05, 0) is 34.9 Å². The summed E-state index contributed by atoms with van der Waals surface area (Å²) >= 11 is 0. The number of Topliss-reactive ketones (excluding diaryl/α,β-unsaturated/α-hetero) is 1. The van der Waals surface area contributed by atoms with Crippen LogP contribution in [0, 0.1) is 0 Å². The first kappa shape index (κ1) is 24.8. The molecule has 1 heterocycles. The van der Waals surface area contributed by atoms with Crippen LogP contribution in [0.4, 0.5) is 5.69 Å². The van der Waals surface area contributed by atoms with Crippen molar-refractivity contribution >= 4 is 27.2 Å². The SMILES string of the molecule is CS(=O)(=O)c1ccc(C(=O)Cc2ccc(-c3ccccc3)cc2)cc1NC(=O)CN1CCOCC1. The van der Waals surface area contributed by atoms with Crippen LogP contribution >= 0.6 is 0 Å². The second-order valence-electron chi connectivity index (χ2n) is 8.58. The number of nitrogens with one attached hydrogen (secondary N) is 1. The Morgan fingerprint density at radius 2 is 1.57 bits per heavy atom. The zero-order valence-electron chi connectivity index (χ0n) is 19.6. The molecule has 1 aliphatic heterocycles. The number of rotatable bonds is 8. The lowest BCUT2D eigenvalue weighted by Crippen LogP contribution is -2.41. The van der Waals surface area contributed by atoms with E-state index in [0.717, 1.165) is 22.9 Å². The Morgan fingerprint density at radius 3 is 2.23 bits per heavy atom. The van der Waals surface area contributed by atoms with Crippen LogP contribution < -0.4 is 5.32 Å². The first-order valence-electron chi connectivity index (χ1n) is 11.4. The van der Waals surface area contributed by atoms with Crippen molar-refractivity contribution < 1.29 is 22.7 Å². The zero-order valence-corrected chi connectivity index (χ0v) is 20.4. The number of morpholine rings is 1. The molecule has 0 unspecified atom stereocenters. The lowest BCUT2D eigenvalue weighted by atomic mass is 9.99. The molecule has 1 amide bonds. The molecule has 0 bridgehead atoms. The topological polar surface area (TPSA) is 92.8 Å². The predicted octanol–water partition coefficient (Wildman–Crippen LogP) is 3.45. The van der Waals surface area contributed by atoms with E-state index in [0.29, 0.717) is 31.9 Å². The van der Waals surface area contributed by atoms with Crippen LogP contribution in [0.25, 0.3) is 11.1 Å². The van der Waals surface area contributed by atoms with E-state index in [2.05, 4.69) is 5.32 Å². The van der Waals surface area contributed by atoms with Crippen molar-refractivity contribution in [1.29, 1.82) is 0 Å². The summed E-state index contributed by atoms with van der Waals surface area (Å²) < 4.78 is 29.9. The van der Waals surface area contributed by atoms with E-state index in [-0.39, 0.29) is 35.2 Å². The van der Waals surface area contributed by atoms with Gasteiger partial charge in [-0.2, -0.15) is 0 Å². The average molecular weight is 493 g/mol. The van der Waals surface area contributed by atoms with Gasteiger partial charge in [0, 0.05) is 31.3 Å². The van der Waals surface area contributed by atoms with Gasteiger partial charge >= 0.3 is 0 Å². The monoisotopic (exact) mass is 492 g/mol. The summed E-state index contributed by atoms with van der Waals surface area (Å²) in [5, 5.41) is 2.70. The molecule has 3 aromatic rings. The van der Waals surface area contributed by atoms with Crippen LogP contribution in [-0.4, -0.2) is 64.1 Å². The smallest absolute Gasteiger partial charge is 0.238 e. The predicted molar refractivity (Wildman–Crippen MR) is 135 cm³/mol. The van der Waals surface area contributed by atoms with E-state index in [1.165, 1.54) is 18.2 Å². The number of carbonyl (C=O) groups is 2. The standard InChI is InChI=1S/C27H28N2O5S/c1-35(32,33)26-12-11-23(18-24(26)28-27(31)19-29-13-15-34-16-14-29)25(30)17-20-7-9-22(10-8-20)21-5-3-2-4-6-21/h2-12,18H,13-17,19H2,1H3,(H,28,31). The third kappa shape index (κ3) is 6.63. The minimum Gasteiger partial charge on any atom is -0.379 e. The van der Waals surface area contributed by atoms with Crippen LogP contribution in [0.15, 0.2) is 77.7 Å². The largest absolute Gasteiger partial charge is 0.379 e. The van der Waals surface area contributed by atoms with Crippen molar-refractivity contribution in [3.63, 3.8) is 0 Å². The first-order chi connectivity index (χ1) is 16.8. The lowest BCUT2D eigenvalue weighted by Gasteiger charge is -2.26. The molecule has 3 aromatic carbocycles. The Morgan fingerprint density at radius 1 is 0.914 bits per heavy atom. The quantitative estimate of drug-likeness (QED) is 0.484. The maximum absolute atomic E-state index is 13.0. The number of sulfone groups is 1. The fourth-order valence-electron chi connectivity index (χ4n) is 4.01. The number of ether oxygens (including phenoxy) is 1. The average Bonchev–Trinajstić information content (AvgIpc) is 2.85. The second kappa shape index (κ2) is 10.9. The summed E-state index contributed by atoms with van der Waals surface area (Å²) in [6.07, 6.45) is 1.24. The summed E-state index contributed by atoms with van der Waals surface area (Å²) in [7, 11) is -3.60. The third-order valence-corrected chi connectivity index (χ3v) is 7.03. The summed E-state index contributed by atoms with van der Waals surface area (Å²) in [5.74, 6) is -0.501. The summed E-state index contributed by atoms with van der Waals surface area (Å²) in [6.45, 7) is 2.50. The molecule has 0 radical (unpaired) electrons. The van der Waals surface area contributed by atoms with Crippen LogP contribution in [-0.2, 0) is 25.8 Å². The summed E-state index contributed by atoms with van der Waals surface area (Å²) in [6, 6.07) is 22.1. The van der Waals surface area contributed by atoms with Gasteiger partial charge in [0.1, 0.15) is 0 Å². The molecule has 4 rings (SSSR count). The van der Waals surface area contributed by atoms with Crippen LogP contribution in [0.1, 0.15) is 15.9 Å². The van der Waals surface area contributed by atoms with Gasteiger partial charge in [-0.25, -0.2) is 8.42 Å². The molecule has 1 fully saturated rings. The van der Waals surface area contributed by atoms with Gasteiger partial charge in [-0.3, -0.25) is 14.5 Å². The third-order valence-electron chi connectivity index (χ3n) is 5.87. The fourth-order valence-corrected chi connectivity index (χ4v) is 4.83. The molecule has 182 valence electrons. The van der Waals surface area contributed by atoms with Crippen LogP contribution in [0.2, 0.25) is 0 Å². The fraction of sp³-hybridized carbons (Fsp3) is 0.259. The molecule has 0 aliphatic carbocycles. The molecule has 7 nitrogen and oxygen atoms in total. The van der Waals surface area contributed by atoms with Crippen molar-refractivity contribution in [2.45, 2.75) is 11.3 Å². The minimum atomic E-state index is -3.60. The highest BCUT2D eigenvalue weighted by Gasteiger charge is 2.20. The molecule has 0 atom stereocenters. The van der Waals surface area contributed by atoms with Crippen molar-refractivity contribution in [3.05, 3.63) is 83.9 Å². The van der Waals surface area contributed by atoms with Crippen molar-refractivity contribution in [1.82, 2.24) is 4.90 Å². The Bertz CT molecular complexity index is 1300. The Balaban J connectivity index is 1.49. The van der Waals surface area contributed by atoms with E-state index in [4.69, 9.17) is 4.74 Å². The Labute approximate surface area is 205 Å². The van der Waals surface area contributed by atoms with Gasteiger partial charge in [-0.1, -0.05) is 54.6 Å². The lowest BCUT2D eigenvalue weighted by molar-refractivity contribution is -0.118. The van der Waals surface area contributed by atoms with Gasteiger partial charge in [0.15, 0.2) is 15.6 Å². The van der Waals surface area contributed by atoms with E-state index in [1.807, 2.05) is 59.5 Å². The molecular weight excluding hydrogens is 464 g/mol. The molecule has 0 aromatic heterocycles. The maximum Gasteiger partial charge on any atom is 0.238 e. The molecule has 1 N–H and O–H groups in total. The molecule has 1 saturated heterocycles. The molecule has 35 heavy (non-hydrogen) atoms. The van der Waals surface area contributed by atoms with Crippen molar-refractivity contribution in [2.24, 2.45) is 0 Å². The number of ketones is 1. The highest BCUT2D eigenvalue weighted by atomic mass is 32.2. The van der Waals surface area contributed by atoms with Crippen LogP contribution in [0.5, 0.6) is 0 Å². The summed E-state index contributed by atoms with van der Waals surface area (Å²) in [5.41, 5.74) is 3.46. The van der Waals surface area contributed by atoms with Crippen molar-refractivity contribution in [3.8, 4) is 11.1 Å². The van der Waals surface area contributed by atoms with E-state index < -0.39 is 9.84 Å². The van der Waals surface area contributed by atoms with E-state index in [1.54, 1.807) is 0 Å². The molecule has 0 spiro atoms. The number of anilines is 1. The number of carbonyl (C=O) groups excluding carboxylic acids is 2. The van der Waals surface area contributed by atoms with Gasteiger partial charge in [-0.15, -0.1) is 0 Å². The number of hydrogen-bond donors (Lipinski definition) is 1. The van der Waals surface area contributed by atoms with Crippen LogP contribution in [0.3, 0.4) is 0 Å². The zero-order chi connectivity index (χ0) is 24.8. The number of nitrogens with zero attached hydrogens (tertiary/aromatic N) is 1. The second-order valence-corrected chi connectivity index (χ2v) is 10.6. The molecule has 0 saturated carbocycles. The summed E-state index contributed by atoms with van der Waals surface area (Å²) in [4.78, 5) is 27.5. The van der Waals surface area contributed by atoms with E-state index >= 15 is 0 Å². The molecular formula is C27H28N2O5S. The number of benzene rings is 3. The minimum absolute atomic E-state index is 0.0170. The Hall–Kier alpha value is -3.33. The highest BCUT2D eigenvalue weighted by Crippen LogP contribution is 2.25. The van der Waals surface area contributed by atoms with Crippen molar-refractivity contribution in [2.75, 3.05) is 44.4 Å². The van der Waals surface area contributed by atoms with Gasteiger partial charge in [0.2, 0.25) is 5.91 Å². The van der Waals surface area contributed by atoms with Gasteiger partial charge in [0.05, 0.1) is 30.3 Å². The first-order valence-corrected chi connectivity index (χ1v) is 13.3. The molecule has 1 aliphatic rings. The maximum atomic E-state index is 13.0. The van der Waals surface area contributed by atoms with E-state index in [9.17, 15) is 18.0 Å². The number of amides is 1. The van der Waals surface area contributed by atoms with Gasteiger partial charge < -0.3 is 10.1 Å².